The van der Waals surface area contributed by atoms with Gasteiger partial charge in [-0.1, -0.05) is 31.2 Å². The first-order valence-corrected chi connectivity index (χ1v) is 7.44. The fourth-order valence-electron chi connectivity index (χ4n) is 2.33. The van der Waals surface area contributed by atoms with Crippen molar-refractivity contribution in [1.29, 1.82) is 0 Å². The topological polar surface area (TPSA) is 77.8 Å². The molecule has 3 N–H and O–H groups in total. The Kier molecular flexibility index (Phi) is 4.10. The van der Waals surface area contributed by atoms with Crippen molar-refractivity contribution in [1.82, 2.24) is 9.97 Å². The molecule has 0 radical (unpaired) electrons. The normalized spacial score (nSPS) is 11.2. The summed E-state index contributed by atoms with van der Waals surface area (Å²) >= 11 is 0. The largest absolute Gasteiger partial charge is 0.323 e. The van der Waals surface area contributed by atoms with E-state index < -0.39 is 0 Å². The molecule has 116 valence electrons. The van der Waals surface area contributed by atoms with E-state index >= 15 is 0 Å². The molecule has 23 heavy (non-hydrogen) atoms. The summed E-state index contributed by atoms with van der Waals surface area (Å²) in [6.45, 7) is 2.10. The molecular weight excluding hydrogens is 290 g/mol. The third kappa shape index (κ3) is 3.58. The molecule has 5 nitrogen and oxygen atoms in total. The van der Waals surface area contributed by atoms with Gasteiger partial charge in [-0.15, -0.1) is 0 Å². The highest BCUT2D eigenvalue weighted by Crippen LogP contribution is 2.14. The van der Waals surface area contributed by atoms with Crippen molar-refractivity contribution in [3.05, 3.63) is 70.2 Å². The van der Waals surface area contributed by atoms with Gasteiger partial charge in [-0.3, -0.25) is 4.79 Å². The number of aromatic amines is 2. The quantitative estimate of drug-likeness (QED) is 0.648. The molecular formula is C18H17N3O2. The van der Waals surface area contributed by atoms with Crippen LogP contribution in [0.3, 0.4) is 0 Å². The predicted molar refractivity (Wildman–Crippen MR) is 92.4 cm³/mol. The number of aromatic nitrogens is 2. The lowest BCUT2D eigenvalue weighted by Crippen LogP contribution is -2.07. The molecule has 0 spiro atoms. The van der Waals surface area contributed by atoms with Crippen LogP contribution in [-0.2, 0) is 11.2 Å². The first-order chi connectivity index (χ1) is 11.1. The van der Waals surface area contributed by atoms with E-state index in [1.807, 2.05) is 24.3 Å². The molecule has 0 aliphatic heterocycles. The van der Waals surface area contributed by atoms with Crippen LogP contribution in [0.4, 0.5) is 5.69 Å². The maximum Gasteiger partial charge on any atom is 0.323 e. The molecule has 0 unspecified atom stereocenters. The third-order valence-corrected chi connectivity index (χ3v) is 3.60. The second-order valence-corrected chi connectivity index (χ2v) is 5.26. The van der Waals surface area contributed by atoms with E-state index in [0.717, 1.165) is 12.0 Å². The number of fused-ring (bicyclic) bond motifs is 1. The molecule has 0 aliphatic rings. The minimum atomic E-state index is -0.265. The zero-order valence-corrected chi connectivity index (χ0v) is 12.7. The first-order valence-electron chi connectivity index (χ1n) is 7.44. The van der Waals surface area contributed by atoms with Crippen LogP contribution in [0.25, 0.3) is 17.1 Å². The van der Waals surface area contributed by atoms with Crippen molar-refractivity contribution >= 4 is 28.7 Å². The number of rotatable bonds is 4. The maximum atomic E-state index is 12.0. The van der Waals surface area contributed by atoms with Gasteiger partial charge in [0.05, 0.1) is 11.0 Å². The van der Waals surface area contributed by atoms with Gasteiger partial charge >= 0.3 is 5.69 Å². The average Bonchev–Trinajstić information content (AvgIpc) is 2.92. The van der Waals surface area contributed by atoms with Crippen LogP contribution >= 0.6 is 0 Å². The van der Waals surface area contributed by atoms with Crippen molar-refractivity contribution in [2.75, 3.05) is 5.32 Å². The SMILES string of the molecule is CCc1ccc(C=CC(=O)Nc2ccc3[nH]c(=O)[nH]c3c2)cc1. The van der Waals surface area contributed by atoms with Crippen LogP contribution in [0, 0.1) is 0 Å². The zero-order chi connectivity index (χ0) is 16.2. The summed E-state index contributed by atoms with van der Waals surface area (Å²) in [6, 6.07) is 13.3. The smallest absolute Gasteiger partial charge is 0.322 e. The number of amides is 1. The number of benzene rings is 2. The highest BCUT2D eigenvalue weighted by Gasteiger charge is 2.02. The van der Waals surface area contributed by atoms with Crippen LogP contribution in [0.15, 0.2) is 53.3 Å². The molecule has 0 aliphatic carbocycles. The highest BCUT2D eigenvalue weighted by molar-refractivity contribution is 6.02. The summed E-state index contributed by atoms with van der Waals surface area (Å²) in [4.78, 5) is 28.5. The molecule has 3 rings (SSSR count). The fraction of sp³-hybridized carbons (Fsp3) is 0.111. The van der Waals surface area contributed by atoms with Gasteiger partial charge < -0.3 is 15.3 Å². The number of carbonyl (C=O) groups is 1. The van der Waals surface area contributed by atoms with Crippen LogP contribution in [0.2, 0.25) is 0 Å². The minimum absolute atomic E-state index is 0.221. The maximum absolute atomic E-state index is 12.0. The number of hydrogen-bond acceptors (Lipinski definition) is 2. The van der Waals surface area contributed by atoms with Crippen LogP contribution < -0.4 is 11.0 Å². The van der Waals surface area contributed by atoms with Crippen LogP contribution in [0.5, 0.6) is 0 Å². The molecule has 0 atom stereocenters. The summed E-state index contributed by atoms with van der Waals surface area (Å²) in [5.74, 6) is -0.221. The van der Waals surface area contributed by atoms with Crippen LogP contribution in [-0.4, -0.2) is 15.9 Å². The zero-order valence-electron chi connectivity index (χ0n) is 12.7. The van der Waals surface area contributed by atoms with Gasteiger partial charge in [-0.25, -0.2) is 4.79 Å². The van der Waals surface area contributed by atoms with E-state index in [1.165, 1.54) is 11.6 Å². The standard InChI is InChI=1S/C18H17N3O2/c1-2-12-3-5-13(6-4-12)7-10-17(22)19-14-8-9-15-16(11-14)21-18(23)20-15/h3-11H,2H2,1H3,(H,19,22)(H2,20,21,23). The van der Waals surface area contributed by atoms with E-state index in [4.69, 9.17) is 0 Å². The average molecular weight is 307 g/mol. The van der Waals surface area contributed by atoms with Crippen molar-refractivity contribution in [3.8, 4) is 0 Å². The fourth-order valence-corrected chi connectivity index (χ4v) is 2.33. The Labute approximate surface area is 133 Å². The number of aryl methyl sites for hydroxylation is 1. The minimum Gasteiger partial charge on any atom is -0.322 e. The van der Waals surface area contributed by atoms with Gasteiger partial charge in [0.15, 0.2) is 0 Å². The Morgan fingerprint density at radius 3 is 2.57 bits per heavy atom. The lowest BCUT2D eigenvalue weighted by molar-refractivity contribution is -0.111. The van der Waals surface area contributed by atoms with Gasteiger partial charge in [-0.05, 0) is 41.8 Å². The van der Waals surface area contributed by atoms with Gasteiger partial charge in [0.2, 0.25) is 5.91 Å². The van der Waals surface area contributed by atoms with E-state index in [2.05, 4.69) is 22.2 Å². The number of H-pyrrole nitrogens is 2. The van der Waals surface area contributed by atoms with E-state index in [1.54, 1.807) is 24.3 Å². The Hall–Kier alpha value is -3.08. The second-order valence-electron chi connectivity index (χ2n) is 5.26. The molecule has 1 aromatic heterocycles. The Bertz CT molecular complexity index is 917. The Balaban J connectivity index is 1.69. The molecule has 1 amide bonds. The summed E-state index contributed by atoms with van der Waals surface area (Å²) in [7, 11) is 0. The Morgan fingerprint density at radius 1 is 1.09 bits per heavy atom. The van der Waals surface area contributed by atoms with Gasteiger partial charge in [0.1, 0.15) is 0 Å². The Morgan fingerprint density at radius 2 is 1.83 bits per heavy atom. The third-order valence-electron chi connectivity index (χ3n) is 3.60. The number of carbonyl (C=O) groups excluding carboxylic acids is 1. The monoisotopic (exact) mass is 307 g/mol. The summed E-state index contributed by atoms with van der Waals surface area (Å²) < 4.78 is 0. The summed E-state index contributed by atoms with van der Waals surface area (Å²) in [5, 5.41) is 2.77. The van der Waals surface area contributed by atoms with E-state index in [9.17, 15) is 9.59 Å². The molecule has 5 heteroatoms. The van der Waals surface area contributed by atoms with Crippen molar-refractivity contribution in [2.24, 2.45) is 0 Å². The highest BCUT2D eigenvalue weighted by atomic mass is 16.1. The molecule has 0 saturated carbocycles. The van der Waals surface area contributed by atoms with Gasteiger partial charge in [-0.2, -0.15) is 0 Å². The summed E-state index contributed by atoms with van der Waals surface area (Å²) in [5.41, 5.74) is 3.97. The molecule has 0 bridgehead atoms. The van der Waals surface area contributed by atoms with E-state index in [-0.39, 0.29) is 11.6 Å². The lowest BCUT2D eigenvalue weighted by Gasteiger charge is -2.02. The van der Waals surface area contributed by atoms with Gasteiger partial charge in [0, 0.05) is 11.8 Å². The molecule has 1 heterocycles. The lowest BCUT2D eigenvalue weighted by atomic mass is 10.1. The number of imidazole rings is 1. The van der Waals surface area contributed by atoms with Crippen molar-refractivity contribution in [3.63, 3.8) is 0 Å². The number of anilines is 1. The van der Waals surface area contributed by atoms with Crippen LogP contribution in [0.1, 0.15) is 18.1 Å². The first kappa shape index (κ1) is 14.8. The number of hydrogen-bond donors (Lipinski definition) is 3. The van der Waals surface area contributed by atoms with Crippen molar-refractivity contribution in [2.45, 2.75) is 13.3 Å². The second kappa shape index (κ2) is 6.36. The molecule has 3 aromatic rings. The molecule has 0 fully saturated rings. The van der Waals surface area contributed by atoms with Crippen molar-refractivity contribution < 1.29 is 4.79 Å². The molecule has 0 saturated heterocycles. The predicted octanol–water partition coefficient (Wildman–Crippen LogP) is 3.07. The molecule has 2 aromatic carbocycles. The summed E-state index contributed by atoms with van der Waals surface area (Å²) in [6.07, 6.45) is 4.25. The van der Waals surface area contributed by atoms with Gasteiger partial charge in [0.25, 0.3) is 0 Å². The van der Waals surface area contributed by atoms with E-state index in [0.29, 0.717) is 16.7 Å². The number of nitrogens with one attached hydrogen (secondary N) is 3.